The molecule has 0 heterocycles. The first-order valence-corrected chi connectivity index (χ1v) is 7.81. The third kappa shape index (κ3) is 7.49. The van der Waals surface area contributed by atoms with Gasteiger partial charge in [-0.3, -0.25) is 0 Å². The Morgan fingerprint density at radius 2 is 1.71 bits per heavy atom. The van der Waals surface area contributed by atoms with Gasteiger partial charge in [-0.25, -0.2) is 0 Å². The van der Waals surface area contributed by atoms with Crippen LogP contribution in [-0.4, -0.2) is 26.3 Å². The van der Waals surface area contributed by atoms with Crippen LogP contribution in [0.4, 0.5) is 0 Å². The van der Waals surface area contributed by atoms with E-state index in [1.54, 1.807) is 7.11 Å². The van der Waals surface area contributed by atoms with E-state index in [1.807, 2.05) is 12.1 Å². The Kier molecular flexibility index (Phi) is 7.20. The van der Waals surface area contributed by atoms with E-state index in [0.29, 0.717) is 11.5 Å². The molecule has 1 unspecified atom stereocenters. The Morgan fingerprint density at radius 1 is 1.10 bits per heavy atom. The topological polar surface area (TPSA) is 30.5 Å². The first-order chi connectivity index (χ1) is 9.81. The molecule has 0 fully saturated rings. The Morgan fingerprint density at radius 3 is 2.19 bits per heavy atom. The van der Waals surface area contributed by atoms with E-state index in [1.165, 1.54) is 5.56 Å². The standard InChI is InChI=1S/C18H31NO2/c1-14(2)19-13-17(21-12-11-18(3,4)5)15-7-9-16(20-6)10-8-15/h7-10,14,17,19H,11-13H2,1-6H3. The summed E-state index contributed by atoms with van der Waals surface area (Å²) in [6, 6.07) is 8.61. The zero-order valence-corrected chi connectivity index (χ0v) is 14.4. The molecular weight excluding hydrogens is 262 g/mol. The molecular formula is C18H31NO2. The van der Waals surface area contributed by atoms with E-state index in [9.17, 15) is 0 Å². The Balaban J connectivity index is 2.66. The highest BCUT2D eigenvalue weighted by molar-refractivity contribution is 5.28. The largest absolute Gasteiger partial charge is 0.497 e. The van der Waals surface area contributed by atoms with E-state index in [0.717, 1.165) is 25.3 Å². The van der Waals surface area contributed by atoms with Gasteiger partial charge in [0.1, 0.15) is 5.75 Å². The van der Waals surface area contributed by atoms with Crippen LogP contribution in [0.1, 0.15) is 52.7 Å². The number of methoxy groups -OCH3 is 1. The lowest BCUT2D eigenvalue weighted by atomic mass is 9.93. The first kappa shape index (κ1) is 18.0. The van der Waals surface area contributed by atoms with E-state index in [-0.39, 0.29) is 6.10 Å². The van der Waals surface area contributed by atoms with Crippen molar-refractivity contribution >= 4 is 0 Å². The summed E-state index contributed by atoms with van der Waals surface area (Å²) in [5, 5.41) is 3.46. The molecule has 0 saturated heterocycles. The minimum absolute atomic E-state index is 0.0839. The molecule has 1 aromatic carbocycles. The van der Waals surface area contributed by atoms with Crippen LogP contribution in [0.2, 0.25) is 0 Å². The second-order valence-electron chi connectivity index (χ2n) is 7.01. The maximum atomic E-state index is 6.12. The fourth-order valence-electron chi connectivity index (χ4n) is 1.94. The average Bonchev–Trinajstić information content (AvgIpc) is 2.41. The summed E-state index contributed by atoms with van der Waals surface area (Å²) < 4.78 is 11.3. The van der Waals surface area contributed by atoms with Gasteiger partial charge in [0.05, 0.1) is 13.2 Å². The normalized spacial score (nSPS) is 13.5. The van der Waals surface area contributed by atoms with Crippen LogP contribution in [0.15, 0.2) is 24.3 Å². The molecule has 0 aromatic heterocycles. The van der Waals surface area contributed by atoms with E-state index in [4.69, 9.17) is 9.47 Å². The minimum Gasteiger partial charge on any atom is -0.497 e. The SMILES string of the molecule is COc1ccc(C(CNC(C)C)OCCC(C)(C)C)cc1. The van der Waals surface area contributed by atoms with Crippen molar-refractivity contribution in [2.45, 2.75) is 53.2 Å². The minimum atomic E-state index is 0.0839. The van der Waals surface area contributed by atoms with E-state index in [2.05, 4.69) is 52.1 Å². The Hall–Kier alpha value is -1.06. The lowest BCUT2D eigenvalue weighted by Crippen LogP contribution is -2.29. The van der Waals surface area contributed by atoms with Crippen molar-refractivity contribution < 1.29 is 9.47 Å². The lowest BCUT2D eigenvalue weighted by Gasteiger charge is -2.24. The molecule has 0 aliphatic carbocycles. The number of hydrogen-bond acceptors (Lipinski definition) is 3. The van der Waals surface area contributed by atoms with Crippen molar-refractivity contribution in [2.24, 2.45) is 5.41 Å². The van der Waals surface area contributed by atoms with Crippen LogP contribution < -0.4 is 10.1 Å². The zero-order valence-electron chi connectivity index (χ0n) is 14.4. The predicted molar refractivity (Wildman–Crippen MR) is 88.9 cm³/mol. The molecule has 120 valence electrons. The van der Waals surface area contributed by atoms with Crippen LogP contribution in [0.3, 0.4) is 0 Å². The Labute approximate surface area is 130 Å². The van der Waals surface area contributed by atoms with Crippen molar-refractivity contribution in [3.05, 3.63) is 29.8 Å². The maximum Gasteiger partial charge on any atom is 0.118 e. The highest BCUT2D eigenvalue weighted by Crippen LogP contribution is 2.23. The van der Waals surface area contributed by atoms with Gasteiger partial charge in [0, 0.05) is 19.2 Å². The van der Waals surface area contributed by atoms with Gasteiger partial charge in [0.25, 0.3) is 0 Å². The van der Waals surface area contributed by atoms with E-state index < -0.39 is 0 Å². The molecule has 1 N–H and O–H groups in total. The number of nitrogens with one attached hydrogen (secondary N) is 1. The number of benzene rings is 1. The molecule has 3 heteroatoms. The van der Waals surface area contributed by atoms with Crippen LogP contribution in [0.25, 0.3) is 0 Å². The maximum absolute atomic E-state index is 6.12. The van der Waals surface area contributed by atoms with Gasteiger partial charge in [-0.15, -0.1) is 0 Å². The second-order valence-corrected chi connectivity index (χ2v) is 7.01. The van der Waals surface area contributed by atoms with Crippen molar-refractivity contribution in [2.75, 3.05) is 20.3 Å². The third-order valence-electron chi connectivity index (χ3n) is 3.37. The zero-order chi connectivity index (χ0) is 15.9. The molecule has 1 rings (SSSR count). The molecule has 0 saturated carbocycles. The summed E-state index contributed by atoms with van der Waals surface area (Å²) in [5.74, 6) is 0.879. The quantitative estimate of drug-likeness (QED) is 0.779. The molecule has 1 atom stereocenters. The molecule has 0 aliphatic heterocycles. The number of ether oxygens (including phenoxy) is 2. The summed E-state index contributed by atoms with van der Waals surface area (Å²) >= 11 is 0. The first-order valence-electron chi connectivity index (χ1n) is 7.81. The molecule has 3 nitrogen and oxygen atoms in total. The van der Waals surface area contributed by atoms with Gasteiger partial charge in [0.15, 0.2) is 0 Å². The van der Waals surface area contributed by atoms with Gasteiger partial charge in [-0.05, 0) is 29.5 Å². The second kappa shape index (κ2) is 8.40. The summed E-state index contributed by atoms with van der Waals surface area (Å²) in [6.07, 6.45) is 1.14. The third-order valence-corrected chi connectivity index (χ3v) is 3.37. The van der Waals surface area contributed by atoms with Crippen molar-refractivity contribution in [3.8, 4) is 5.75 Å². The monoisotopic (exact) mass is 293 g/mol. The van der Waals surface area contributed by atoms with Gasteiger partial charge in [-0.1, -0.05) is 46.8 Å². The Bertz CT molecular complexity index is 393. The van der Waals surface area contributed by atoms with E-state index >= 15 is 0 Å². The highest BCUT2D eigenvalue weighted by Gasteiger charge is 2.15. The van der Waals surface area contributed by atoms with Crippen LogP contribution in [0.5, 0.6) is 5.75 Å². The molecule has 0 aliphatic rings. The molecule has 0 amide bonds. The summed E-state index contributed by atoms with van der Waals surface area (Å²) in [4.78, 5) is 0. The summed E-state index contributed by atoms with van der Waals surface area (Å²) in [5.41, 5.74) is 1.49. The molecule has 21 heavy (non-hydrogen) atoms. The fourth-order valence-corrected chi connectivity index (χ4v) is 1.94. The van der Waals surface area contributed by atoms with Crippen molar-refractivity contribution in [3.63, 3.8) is 0 Å². The lowest BCUT2D eigenvalue weighted by molar-refractivity contribution is 0.0358. The predicted octanol–water partition coefficient (Wildman–Crippen LogP) is 4.19. The van der Waals surface area contributed by atoms with Gasteiger partial charge in [-0.2, -0.15) is 0 Å². The van der Waals surface area contributed by atoms with Gasteiger partial charge in [0.2, 0.25) is 0 Å². The average molecular weight is 293 g/mol. The molecule has 1 aromatic rings. The molecule has 0 bridgehead atoms. The van der Waals surface area contributed by atoms with Crippen LogP contribution >= 0.6 is 0 Å². The van der Waals surface area contributed by atoms with Crippen LogP contribution in [-0.2, 0) is 4.74 Å². The summed E-state index contributed by atoms with van der Waals surface area (Å²) in [6.45, 7) is 12.6. The number of hydrogen-bond donors (Lipinski definition) is 1. The van der Waals surface area contributed by atoms with Crippen molar-refractivity contribution in [1.82, 2.24) is 5.32 Å². The van der Waals surface area contributed by atoms with Gasteiger partial charge < -0.3 is 14.8 Å². The molecule has 0 radical (unpaired) electrons. The molecule has 0 spiro atoms. The summed E-state index contributed by atoms with van der Waals surface area (Å²) in [7, 11) is 1.69. The highest BCUT2D eigenvalue weighted by atomic mass is 16.5. The van der Waals surface area contributed by atoms with Crippen LogP contribution in [0, 0.1) is 5.41 Å². The number of rotatable bonds is 8. The fraction of sp³-hybridized carbons (Fsp3) is 0.667. The smallest absolute Gasteiger partial charge is 0.118 e. The van der Waals surface area contributed by atoms with Crippen molar-refractivity contribution in [1.29, 1.82) is 0 Å². The van der Waals surface area contributed by atoms with Gasteiger partial charge >= 0.3 is 0 Å².